The molecule has 2 aromatic rings. The van der Waals surface area contributed by atoms with Crippen LogP contribution in [-0.4, -0.2) is 55.7 Å². The van der Waals surface area contributed by atoms with Crippen LogP contribution in [0.25, 0.3) is 11.3 Å². The van der Waals surface area contributed by atoms with Gasteiger partial charge in [0.2, 0.25) is 0 Å². The lowest BCUT2D eigenvalue weighted by molar-refractivity contribution is 0.159. The summed E-state index contributed by atoms with van der Waals surface area (Å²) in [6.45, 7) is 0.530. The molecule has 0 spiro atoms. The molecule has 1 N–H and O–H groups in total. The number of nitrogens with one attached hydrogen (secondary N) is 1. The fourth-order valence-electron chi connectivity index (χ4n) is 4.84. The predicted octanol–water partition coefficient (Wildman–Crippen LogP) is 2.31. The number of pyridine rings is 1. The van der Waals surface area contributed by atoms with Crippen molar-refractivity contribution in [3.05, 3.63) is 81.4 Å². The van der Waals surface area contributed by atoms with Crippen LogP contribution in [0.4, 0.5) is 4.79 Å². The number of sulfone groups is 1. The van der Waals surface area contributed by atoms with Gasteiger partial charge in [0, 0.05) is 37.8 Å². The zero-order valence-electron chi connectivity index (χ0n) is 19.6. The van der Waals surface area contributed by atoms with Gasteiger partial charge in [0.05, 0.1) is 30.2 Å². The number of aryl methyl sites for hydroxylation is 1. The summed E-state index contributed by atoms with van der Waals surface area (Å²) in [5.41, 5.74) is 3.32. The summed E-state index contributed by atoms with van der Waals surface area (Å²) in [7, 11) is -0.245. The van der Waals surface area contributed by atoms with Gasteiger partial charge in [-0.25, -0.2) is 13.2 Å². The molecule has 1 aliphatic carbocycles. The van der Waals surface area contributed by atoms with E-state index in [1.165, 1.54) is 16.6 Å². The maximum atomic E-state index is 13.3. The number of carbonyl (C=O) groups excluding carboxylic acids is 1. The molecule has 10 heteroatoms. The fourth-order valence-corrected chi connectivity index (χ4v) is 5.64. The lowest BCUT2D eigenvalue weighted by Gasteiger charge is -2.30. The van der Waals surface area contributed by atoms with Crippen molar-refractivity contribution < 1.29 is 22.7 Å². The van der Waals surface area contributed by atoms with Gasteiger partial charge >= 0.3 is 6.09 Å². The normalized spacial score (nSPS) is 18.6. The van der Waals surface area contributed by atoms with Gasteiger partial charge in [-0.3, -0.25) is 9.69 Å². The summed E-state index contributed by atoms with van der Waals surface area (Å²) in [4.78, 5) is 28.0. The first kappa shape index (κ1) is 23.0. The average molecular weight is 496 g/mol. The highest BCUT2D eigenvalue weighted by molar-refractivity contribution is 7.91. The number of fused-ring (bicyclic) bond motifs is 2. The molecule has 1 atom stereocenters. The molecule has 1 aromatic heterocycles. The quantitative estimate of drug-likeness (QED) is 0.694. The molecule has 2 aliphatic heterocycles. The molecule has 0 radical (unpaired) electrons. The third-order valence-electron chi connectivity index (χ3n) is 6.34. The molecular weight excluding hydrogens is 470 g/mol. The topological polar surface area (TPSA) is 107 Å². The van der Waals surface area contributed by atoms with Crippen molar-refractivity contribution in [1.82, 2.24) is 14.8 Å². The largest absolute Gasteiger partial charge is 0.493 e. The van der Waals surface area contributed by atoms with Crippen LogP contribution in [0.2, 0.25) is 0 Å². The van der Waals surface area contributed by atoms with E-state index in [-0.39, 0.29) is 17.4 Å². The van der Waals surface area contributed by atoms with Crippen LogP contribution in [0.1, 0.15) is 17.5 Å². The highest BCUT2D eigenvalue weighted by atomic mass is 32.2. The summed E-state index contributed by atoms with van der Waals surface area (Å²) >= 11 is 0. The minimum absolute atomic E-state index is 0.235. The number of benzene rings is 1. The van der Waals surface area contributed by atoms with E-state index in [1.807, 2.05) is 0 Å². The van der Waals surface area contributed by atoms with Crippen LogP contribution in [0.3, 0.4) is 0 Å². The molecule has 5 rings (SSSR count). The van der Waals surface area contributed by atoms with Crippen molar-refractivity contribution in [1.29, 1.82) is 0 Å². The van der Waals surface area contributed by atoms with Crippen molar-refractivity contribution in [3.8, 4) is 11.5 Å². The second-order valence-corrected chi connectivity index (χ2v) is 10.9. The van der Waals surface area contributed by atoms with Crippen molar-refractivity contribution in [3.63, 3.8) is 0 Å². The Hall–Kier alpha value is -3.79. The summed E-state index contributed by atoms with van der Waals surface area (Å²) in [5.74, 6) is 0.488. The molecule has 182 valence electrons. The molecular formula is C25H25N3O6S. The standard InChI is InChI=1S/C25H25N3O6S/c1-27-11-9-17-16(14-35(3,31)32)12-15-13-28(25(30)34-20-7-5-4-6-19(20)33-2)18-8-10-26-23(21(15)18)22(17)24(27)29/h4-7,9,11-13,18,26H,8,10,14H2,1-3H3. The van der Waals surface area contributed by atoms with Gasteiger partial charge in [-0.1, -0.05) is 12.1 Å². The van der Waals surface area contributed by atoms with E-state index in [0.29, 0.717) is 52.4 Å². The van der Waals surface area contributed by atoms with E-state index in [4.69, 9.17) is 9.47 Å². The Morgan fingerprint density at radius 2 is 1.94 bits per heavy atom. The number of carbonyl (C=O) groups is 1. The maximum absolute atomic E-state index is 13.3. The number of hydrogen-bond donors (Lipinski definition) is 1. The van der Waals surface area contributed by atoms with E-state index >= 15 is 0 Å². The third kappa shape index (κ3) is 4.03. The molecule has 3 heterocycles. The number of amides is 1. The number of aromatic nitrogens is 1. The lowest BCUT2D eigenvalue weighted by Crippen LogP contribution is -2.42. The van der Waals surface area contributed by atoms with E-state index in [2.05, 4.69) is 5.32 Å². The second kappa shape index (κ2) is 8.46. The fraction of sp³-hybridized carbons (Fsp3) is 0.280. The Morgan fingerprint density at radius 1 is 1.20 bits per heavy atom. The van der Waals surface area contributed by atoms with Gasteiger partial charge in [0.15, 0.2) is 21.3 Å². The molecule has 1 aromatic carbocycles. The van der Waals surface area contributed by atoms with Crippen molar-refractivity contribution in [2.45, 2.75) is 12.5 Å². The lowest BCUT2D eigenvalue weighted by atomic mass is 9.92. The molecule has 0 bridgehead atoms. The van der Waals surface area contributed by atoms with Gasteiger partial charge in [0.1, 0.15) is 0 Å². The molecule has 0 saturated carbocycles. The van der Waals surface area contributed by atoms with Gasteiger partial charge in [-0.05, 0) is 47.4 Å². The average Bonchev–Trinajstić information content (AvgIpc) is 3.12. The maximum Gasteiger partial charge on any atom is 0.420 e. The third-order valence-corrected chi connectivity index (χ3v) is 7.17. The van der Waals surface area contributed by atoms with E-state index in [1.54, 1.807) is 55.9 Å². The molecule has 3 aliphatic rings. The monoisotopic (exact) mass is 495 g/mol. The van der Waals surface area contributed by atoms with E-state index in [9.17, 15) is 18.0 Å². The van der Waals surface area contributed by atoms with Crippen LogP contribution < -0.4 is 20.3 Å². The first-order chi connectivity index (χ1) is 16.7. The number of methoxy groups -OCH3 is 1. The number of nitrogens with zero attached hydrogens (tertiary/aromatic N) is 2. The molecule has 35 heavy (non-hydrogen) atoms. The smallest absolute Gasteiger partial charge is 0.420 e. The highest BCUT2D eigenvalue weighted by Gasteiger charge is 2.41. The molecule has 1 amide bonds. The van der Waals surface area contributed by atoms with Crippen molar-refractivity contribution >= 4 is 27.2 Å². The minimum Gasteiger partial charge on any atom is -0.493 e. The predicted molar refractivity (Wildman–Crippen MR) is 132 cm³/mol. The van der Waals surface area contributed by atoms with Gasteiger partial charge in [0.25, 0.3) is 5.56 Å². The Kier molecular flexibility index (Phi) is 5.55. The number of para-hydroxylation sites is 2. The van der Waals surface area contributed by atoms with Crippen molar-refractivity contribution in [2.24, 2.45) is 7.05 Å². The Bertz CT molecular complexity index is 1500. The van der Waals surface area contributed by atoms with Crippen LogP contribution in [-0.2, 0) is 16.9 Å². The number of ether oxygens (including phenoxy) is 2. The van der Waals surface area contributed by atoms with Crippen LogP contribution in [0, 0.1) is 0 Å². The zero-order valence-corrected chi connectivity index (χ0v) is 20.4. The minimum atomic E-state index is -3.40. The van der Waals surface area contributed by atoms with E-state index < -0.39 is 15.9 Å². The van der Waals surface area contributed by atoms with Crippen LogP contribution >= 0.6 is 0 Å². The Balaban J connectivity index is 1.64. The number of hydrogen-bond acceptors (Lipinski definition) is 7. The molecule has 9 nitrogen and oxygen atoms in total. The SMILES string of the molecule is COc1ccccc1OC(=O)N1C=C2C=C(CS(C)(=O)=O)c3ccn(C)c(=O)c3C3=C2C1CCN3. The Labute approximate surface area is 202 Å². The first-order valence-electron chi connectivity index (χ1n) is 11.1. The molecule has 0 saturated heterocycles. The van der Waals surface area contributed by atoms with Gasteiger partial charge < -0.3 is 19.4 Å². The molecule has 1 unspecified atom stereocenters. The van der Waals surface area contributed by atoms with Crippen LogP contribution in [0.5, 0.6) is 11.5 Å². The van der Waals surface area contributed by atoms with Crippen LogP contribution in [0.15, 0.2) is 64.7 Å². The summed E-state index contributed by atoms with van der Waals surface area (Å²) in [6, 6.07) is 8.28. The van der Waals surface area contributed by atoms with Gasteiger partial charge in [-0.2, -0.15) is 0 Å². The summed E-state index contributed by atoms with van der Waals surface area (Å²) in [6.07, 6.45) is 6.23. The second-order valence-electron chi connectivity index (χ2n) is 8.79. The van der Waals surface area contributed by atoms with E-state index in [0.717, 1.165) is 11.8 Å². The first-order valence-corrected chi connectivity index (χ1v) is 13.2. The summed E-state index contributed by atoms with van der Waals surface area (Å²) < 4.78 is 36.9. The number of rotatable bonds is 4. The Morgan fingerprint density at radius 3 is 2.66 bits per heavy atom. The van der Waals surface area contributed by atoms with Crippen molar-refractivity contribution in [2.75, 3.05) is 25.7 Å². The highest BCUT2D eigenvalue weighted by Crippen LogP contribution is 2.43. The zero-order chi connectivity index (χ0) is 24.9. The van der Waals surface area contributed by atoms with Gasteiger partial charge in [-0.15, -0.1) is 0 Å². The number of allylic oxidation sites excluding steroid dienone is 1. The summed E-state index contributed by atoms with van der Waals surface area (Å²) in [5, 5.41) is 3.34. The molecule has 0 fully saturated rings.